The highest BCUT2D eigenvalue weighted by molar-refractivity contribution is 8.10. The topological polar surface area (TPSA) is 101 Å². The van der Waals surface area contributed by atoms with Gasteiger partial charge in [0.15, 0.2) is 5.69 Å². The summed E-state index contributed by atoms with van der Waals surface area (Å²) in [5.74, 6) is -2.14. The molecule has 2 heterocycles. The Bertz CT molecular complexity index is 1580. The average molecular weight is 600 g/mol. The van der Waals surface area contributed by atoms with E-state index in [0.717, 1.165) is 23.4 Å². The van der Waals surface area contributed by atoms with E-state index < -0.39 is 23.1 Å². The van der Waals surface area contributed by atoms with E-state index >= 15 is 0 Å². The lowest BCUT2D eigenvalue weighted by molar-refractivity contribution is -0.135. The van der Waals surface area contributed by atoms with E-state index in [9.17, 15) is 14.4 Å². The summed E-state index contributed by atoms with van der Waals surface area (Å²) in [6.07, 6.45) is 1.56. The summed E-state index contributed by atoms with van der Waals surface area (Å²) >= 11 is 25.8. The molecule has 192 valence electrons. The van der Waals surface area contributed by atoms with Crippen molar-refractivity contribution in [2.45, 2.75) is 12.2 Å². The molecule has 4 rings (SSSR count). The first-order chi connectivity index (χ1) is 17.6. The van der Waals surface area contributed by atoms with E-state index in [1.165, 1.54) is 12.1 Å². The summed E-state index contributed by atoms with van der Waals surface area (Å²) in [5.41, 5.74) is 6.99. The highest BCUT2D eigenvalue weighted by Crippen LogP contribution is 2.42. The predicted molar refractivity (Wildman–Crippen MR) is 147 cm³/mol. The van der Waals surface area contributed by atoms with Gasteiger partial charge in [0.25, 0.3) is 0 Å². The van der Waals surface area contributed by atoms with Gasteiger partial charge in [0.1, 0.15) is 10.2 Å². The van der Waals surface area contributed by atoms with Crippen molar-refractivity contribution in [3.8, 4) is 0 Å². The lowest BCUT2D eigenvalue weighted by Gasteiger charge is -2.24. The molecule has 0 unspecified atom stereocenters. The fraction of sp³-hybridized carbons (Fsp3) is 0.160. The minimum Gasteiger partial charge on any atom is -0.464 e. The first kappa shape index (κ1) is 27.4. The lowest BCUT2D eigenvalue weighted by atomic mass is 10.1. The number of thioether (sulfide) groups is 1. The summed E-state index contributed by atoms with van der Waals surface area (Å²) in [7, 11) is 1.16. The number of nitrogens with two attached hydrogens (primary N) is 1. The van der Waals surface area contributed by atoms with E-state index in [-0.39, 0.29) is 38.5 Å². The van der Waals surface area contributed by atoms with Crippen LogP contribution in [0.2, 0.25) is 20.1 Å². The summed E-state index contributed by atoms with van der Waals surface area (Å²) < 4.78 is 11.3. The Hall–Kier alpha value is -2.62. The number of rotatable bonds is 5. The smallest absolute Gasteiger partial charge is 0.357 e. The Balaban J connectivity index is 2.13. The zero-order valence-corrected chi connectivity index (χ0v) is 23.2. The van der Waals surface area contributed by atoms with E-state index in [1.54, 1.807) is 37.3 Å². The number of carbonyl (C=O) groups is 3. The van der Waals surface area contributed by atoms with Gasteiger partial charge >= 0.3 is 11.9 Å². The molecular weight excluding hydrogens is 582 g/mol. The number of aromatic nitrogens is 1. The van der Waals surface area contributed by atoms with Crippen molar-refractivity contribution < 1.29 is 23.9 Å². The van der Waals surface area contributed by atoms with E-state index in [2.05, 4.69) is 0 Å². The molecule has 37 heavy (non-hydrogen) atoms. The van der Waals surface area contributed by atoms with Crippen molar-refractivity contribution in [1.82, 2.24) is 4.57 Å². The number of nitrogen functional groups attached to an aromatic ring is 1. The van der Waals surface area contributed by atoms with Crippen molar-refractivity contribution in [2.24, 2.45) is 0 Å². The number of halogens is 4. The van der Waals surface area contributed by atoms with Crippen LogP contribution in [0.25, 0.3) is 11.0 Å². The number of ether oxygens (including phenoxy) is 2. The number of methoxy groups -OCH3 is 1. The summed E-state index contributed by atoms with van der Waals surface area (Å²) in [5, 5.41) is 0.576. The zero-order valence-electron chi connectivity index (χ0n) is 19.3. The van der Waals surface area contributed by atoms with Gasteiger partial charge in [-0.1, -0.05) is 70.3 Å². The number of hydrogen-bond donors (Lipinski definition) is 1. The van der Waals surface area contributed by atoms with Gasteiger partial charge in [0.05, 0.1) is 24.8 Å². The van der Waals surface area contributed by atoms with Gasteiger partial charge in [0.2, 0.25) is 5.91 Å². The first-order valence-electron chi connectivity index (χ1n) is 10.7. The van der Waals surface area contributed by atoms with Crippen LogP contribution >= 0.6 is 58.2 Å². The molecule has 2 aromatic carbocycles. The summed E-state index contributed by atoms with van der Waals surface area (Å²) in [6, 6.07) is 9.43. The van der Waals surface area contributed by atoms with Crippen LogP contribution in [0.4, 0.5) is 5.69 Å². The highest BCUT2D eigenvalue weighted by atomic mass is 35.5. The van der Waals surface area contributed by atoms with Crippen LogP contribution in [0.15, 0.2) is 36.4 Å². The number of hydrogen-bond acceptors (Lipinski definition) is 7. The molecule has 0 bridgehead atoms. The quantitative estimate of drug-likeness (QED) is 0.407. The molecule has 0 saturated carbocycles. The van der Waals surface area contributed by atoms with Crippen molar-refractivity contribution in [3.05, 3.63) is 83.9 Å². The predicted octanol–water partition coefficient (Wildman–Crippen LogP) is 5.10. The molecule has 1 atom stereocenters. The fourth-order valence-corrected chi connectivity index (χ4v) is 6.15. The molecule has 1 aliphatic heterocycles. The molecule has 2 N–H and O–H groups in total. The van der Waals surface area contributed by atoms with Crippen LogP contribution in [0.5, 0.6) is 0 Å². The molecule has 3 aromatic rings. The zero-order chi connectivity index (χ0) is 27.0. The van der Waals surface area contributed by atoms with Crippen LogP contribution in [-0.2, 0) is 14.3 Å². The van der Waals surface area contributed by atoms with Gasteiger partial charge in [-0.15, -0.1) is 0 Å². The third-order valence-electron chi connectivity index (χ3n) is 5.49. The molecule has 0 radical (unpaired) electrons. The molecule has 1 aromatic heterocycles. The fourth-order valence-electron chi connectivity index (χ4n) is 3.86. The second kappa shape index (κ2) is 11.0. The summed E-state index contributed by atoms with van der Waals surface area (Å²) in [4.78, 5) is 40.0. The maximum absolute atomic E-state index is 13.9. The molecule has 0 spiro atoms. The van der Waals surface area contributed by atoms with Crippen molar-refractivity contribution in [2.75, 3.05) is 19.5 Å². The van der Waals surface area contributed by atoms with E-state index in [4.69, 9.17) is 61.6 Å². The van der Waals surface area contributed by atoms with Crippen LogP contribution < -0.4 is 16.3 Å². The number of carbonyl (C=O) groups excluding carboxylic acids is 3. The summed E-state index contributed by atoms with van der Waals surface area (Å²) in [6.45, 7) is 1.73. The van der Waals surface area contributed by atoms with Crippen molar-refractivity contribution >= 4 is 92.7 Å². The lowest BCUT2D eigenvalue weighted by Crippen LogP contribution is -2.42. The van der Waals surface area contributed by atoms with E-state index in [1.807, 2.05) is 0 Å². The monoisotopic (exact) mass is 598 g/mol. The molecular formula is C25H18Cl4N2O5S. The van der Waals surface area contributed by atoms with Crippen molar-refractivity contribution in [1.29, 1.82) is 0 Å². The van der Waals surface area contributed by atoms with Gasteiger partial charge in [-0.2, -0.15) is 0 Å². The molecule has 0 amide bonds. The number of anilines is 1. The van der Waals surface area contributed by atoms with Gasteiger partial charge in [-0.05, 0) is 48.4 Å². The maximum atomic E-state index is 13.9. The van der Waals surface area contributed by atoms with Gasteiger partial charge in [-0.25, -0.2) is 9.59 Å². The molecule has 0 fully saturated rings. The standard InChI is InChI=1S/C25H18Cl4N2O5S/c1-3-36-25(34)22-19-15(8-11-4-5-12(26)9-16(11)28)18(30)20(24(33)35-2)31(19)23(32)21(37-22)14-7-6-13(27)10-17(14)29/h4-10,21H,3,30H2,1-2H3/b15-8+/t21-/m0/s1. The number of benzene rings is 2. The molecule has 1 aliphatic rings. The average Bonchev–Trinajstić information content (AvgIpc) is 3.13. The Morgan fingerprint density at radius 3 is 2.30 bits per heavy atom. The molecule has 7 nitrogen and oxygen atoms in total. The Morgan fingerprint density at radius 1 is 1.05 bits per heavy atom. The minimum absolute atomic E-state index is 0.0515. The maximum Gasteiger partial charge on any atom is 0.357 e. The molecule has 12 heteroatoms. The molecule has 0 saturated heterocycles. The Kier molecular flexibility index (Phi) is 8.16. The van der Waals surface area contributed by atoms with Crippen LogP contribution in [0.1, 0.15) is 38.6 Å². The Labute approximate surface area is 235 Å². The minimum atomic E-state index is -1.01. The van der Waals surface area contributed by atoms with Gasteiger partial charge < -0.3 is 15.2 Å². The normalized spacial score (nSPS) is 15.5. The van der Waals surface area contributed by atoms with Gasteiger partial charge in [0, 0.05) is 25.3 Å². The second-order valence-corrected chi connectivity index (χ2v) is 10.5. The number of fused-ring (bicyclic) bond motifs is 1. The largest absolute Gasteiger partial charge is 0.464 e. The third-order valence-corrected chi connectivity index (χ3v) is 7.90. The Morgan fingerprint density at radius 2 is 1.70 bits per heavy atom. The van der Waals surface area contributed by atoms with Crippen LogP contribution in [0.3, 0.4) is 0 Å². The number of esters is 2. The van der Waals surface area contributed by atoms with Gasteiger partial charge in [-0.3, -0.25) is 9.36 Å². The van der Waals surface area contributed by atoms with E-state index in [0.29, 0.717) is 26.2 Å². The third kappa shape index (κ3) is 5.09. The molecule has 0 aliphatic carbocycles. The number of nitrogens with zero attached hydrogens (tertiary/aromatic N) is 1. The highest BCUT2D eigenvalue weighted by Gasteiger charge is 2.39. The van der Waals surface area contributed by atoms with Crippen LogP contribution in [-0.4, -0.2) is 36.1 Å². The SMILES string of the molecule is CCOC(=O)C1=c2/c(=C/c3ccc(Cl)cc3Cl)c(N)c(C(=O)OC)n2C(=O)[C@H](c2ccc(Cl)cc2Cl)S1. The second-order valence-electron chi connectivity index (χ2n) is 7.71. The first-order valence-corrected chi connectivity index (χ1v) is 13.1. The van der Waals surface area contributed by atoms with Crippen molar-refractivity contribution in [3.63, 3.8) is 0 Å². The van der Waals surface area contributed by atoms with Crippen LogP contribution in [0, 0.1) is 0 Å².